The number of carbonyl (C=O) groups is 1. The Morgan fingerprint density at radius 1 is 0.829 bits per heavy atom. The number of rotatable bonds is 8. The fourth-order valence-electron chi connectivity index (χ4n) is 4.79. The Kier molecular flexibility index (Phi) is 7.56. The fourth-order valence-corrected chi connectivity index (χ4v) is 5.68. The first-order chi connectivity index (χ1) is 20.1. The Morgan fingerprint density at radius 2 is 1.51 bits per heavy atom. The third-order valence-electron chi connectivity index (χ3n) is 6.60. The lowest BCUT2D eigenvalue weighted by Gasteiger charge is -2.17. The van der Waals surface area contributed by atoms with Crippen molar-refractivity contribution in [3.05, 3.63) is 126 Å². The van der Waals surface area contributed by atoms with Crippen molar-refractivity contribution in [2.75, 3.05) is 6.61 Å². The molecule has 41 heavy (non-hydrogen) atoms. The van der Waals surface area contributed by atoms with Crippen molar-refractivity contribution < 1.29 is 13.9 Å². The number of halogens is 1. The molecule has 0 unspecified atom stereocenters. The molecule has 0 radical (unpaired) electrons. The summed E-state index contributed by atoms with van der Waals surface area (Å²) in [6.45, 7) is 2.04. The van der Waals surface area contributed by atoms with Gasteiger partial charge in [0.1, 0.15) is 5.82 Å². The van der Waals surface area contributed by atoms with Crippen LogP contribution in [0.25, 0.3) is 39.1 Å². The minimum Gasteiger partial charge on any atom is -0.462 e. The van der Waals surface area contributed by atoms with Gasteiger partial charge in [0.15, 0.2) is 11.0 Å². The number of thioether (sulfide) groups is 1. The third-order valence-corrected chi connectivity index (χ3v) is 7.54. The zero-order chi connectivity index (χ0) is 28.2. The number of hydrogen-bond donors (Lipinski definition) is 0. The maximum atomic E-state index is 13.7. The summed E-state index contributed by atoms with van der Waals surface area (Å²) in [6, 6.07) is 33.6. The van der Waals surface area contributed by atoms with Gasteiger partial charge >= 0.3 is 5.97 Å². The van der Waals surface area contributed by atoms with Crippen molar-refractivity contribution in [3.63, 3.8) is 0 Å². The maximum Gasteiger partial charge on any atom is 0.340 e. The van der Waals surface area contributed by atoms with Crippen LogP contribution in [0.1, 0.15) is 23.0 Å². The van der Waals surface area contributed by atoms with Crippen LogP contribution in [-0.4, -0.2) is 32.3 Å². The van der Waals surface area contributed by atoms with Crippen LogP contribution in [0.15, 0.2) is 114 Å². The molecule has 0 aliphatic rings. The highest BCUT2D eigenvalue weighted by Crippen LogP contribution is 2.37. The largest absolute Gasteiger partial charge is 0.462 e. The second-order valence-electron chi connectivity index (χ2n) is 9.18. The normalized spacial score (nSPS) is 11.1. The lowest BCUT2D eigenvalue weighted by molar-refractivity contribution is 0.0526. The van der Waals surface area contributed by atoms with E-state index in [9.17, 15) is 9.18 Å². The second-order valence-corrected chi connectivity index (χ2v) is 10.1. The van der Waals surface area contributed by atoms with E-state index in [2.05, 4.69) is 10.2 Å². The van der Waals surface area contributed by atoms with Crippen LogP contribution in [0.5, 0.6) is 0 Å². The van der Waals surface area contributed by atoms with E-state index < -0.39 is 5.97 Å². The van der Waals surface area contributed by atoms with Crippen LogP contribution in [-0.2, 0) is 10.5 Å². The number of aromatic nitrogens is 4. The average molecular weight is 561 g/mol. The van der Waals surface area contributed by atoms with Crippen molar-refractivity contribution in [1.29, 1.82) is 0 Å². The number of fused-ring (bicyclic) bond motifs is 1. The highest BCUT2D eigenvalue weighted by Gasteiger charge is 2.25. The molecular weight excluding hydrogens is 535 g/mol. The van der Waals surface area contributed by atoms with Gasteiger partial charge in [0.25, 0.3) is 0 Å². The Bertz CT molecular complexity index is 1820. The van der Waals surface area contributed by atoms with Crippen molar-refractivity contribution >= 4 is 28.6 Å². The third kappa shape index (κ3) is 5.34. The molecule has 6 aromatic rings. The summed E-state index contributed by atoms with van der Waals surface area (Å²) in [4.78, 5) is 18.4. The minimum absolute atomic E-state index is 0.246. The first kappa shape index (κ1) is 26.4. The second kappa shape index (κ2) is 11.7. The summed E-state index contributed by atoms with van der Waals surface area (Å²) in [7, 11) is 0. The van der Waals surface area contributed by atoms with Gasteiger partial charge in [0.05, 0.1) is 23.4 Å². The van der Waals surface area contributed by atoms with E-state index in [1.807, 2.05) is 89.5 Å². The number of benzene rings is 4. The Balaban J connectivity index is 1.48. The summed E-state index contributed by atoms with van der Waals surface area (Å²) in [6.07, 6.45) is 0. The molecule has 0 bridgehead atoms. The smallest absolute Gasteiger partial charge is 0.340 e. The molecule has 0 atom stereocenters. The predicted octanol–water partition coefficient (Wildman–Crippen LogP) is 7.76. The van der Waals surface area contributed by atoms with Gasteiger partial charge in [-0.2, -0.15) is 0 Å². The molecule has 2 aromatic heterocycles. The number of pyridine rings is 1. The molecule has 0 aliphatic carbocycles. The molecule has 6 nitrogen and oxygen atoms in total. The molecule has 6 rings (SSSR count). The molecule has 4 aromatic carbocycles. The van der Waals surface area contributed by atoms with E-state index in [4.69, 9.17) is 9.72 Å². The quantitative estimate of drug-likeness (QED) is 0.140. The van der Waals surface area contributed by atoms with Gasteiger partial charge in [-0.25, -0.2) is 9.18 Å². The van der Waals surface area contributed by atoms with Crippen LogP contribution in [0.4, 0.5) is 4.39 Å². The minimum atomic E-state index is -0.420. The Hall–Kier alpha value is -4.82. The van der Waals surface area contributed by atoms with Gasteiger partial charge < -0.3 is 4.74 Å². The van der Waals surface area contributed by atoms with Gasteiger partial charge in [-0.05, 0) is 55.0 Å². The van der Waals surface area contributed by atoms with Crippen molar-refractivity contribution in [3.8, 4) is 28.2 Å². The molecule has 0 saturated heterocycles. The monoisotopic (exact) mass is 560 g/mol. The molecule has 202 valence electrons. The van der Waals surface area contributed by atoms with E-state index in [0.29, 0.717) is 28.0 Å². The van der Waals surface area contributed by atoms with Gasteiger partial charge in [-0.3, -0.25) is 9.55 Å². The standard InChI is InChI=1S/C33H25FN4O2S/c1-2-40-32(39)30-28(35-27-16-10-9-15-26(27)29(30)22-11-5-3-6-12-22)21-41-33-37-36-31(23-17-19-24(34)20-18-23)38(33)25-13-7-4-8-14-25/h3-20H,2,21H2,1H3. The highest BCUT2D eigenvalue weighted by atomic mass is 32.2. The first-order valence-electron chi connectivity index (χ1n) is 13.2. The van der Waals surface area contributed by atoms with Crippen molar-refractivity contribution in [1.82, 2.24) is 19.7 Å². The van der Waals surface area contributed by atoms with E-state index in [1.165, 1.54) is 23.9 Å². The van der Waals surface area contributed by atoms with Gasteiger partial charge in [0, 0.05) is 28.0 Å². The van der Waals surface area contributed by atoms with Crippen LogP contribution in [0.3, 0.4) is 0 Å². The molecule has 0 spiro atoms. The fraction of sp³-hybridized carbons (Fsp3) is 0.0909. The first-order valence-corrected chi connectivity index (χ1v) is 14.2. The molecule has 0 N–H and O–H groups in total. The number of nitrogens with zero attached hydrogens (tertiary/aromatic N) is 4. The van der Waals surface area contributed by atoms with E-state index >= 15 is 0 Å². The van der Waals surface area contributed by atoms with Gasteiger partial charge in [0.2, 0.25) is 0 Å². The number of ether oxygens (including phenoxy) is 1. The number of hydrogen-bond acceptors (Lipinski definition) is 6. The SMILES string of the molecule is CCOC(=O)c1c(CSc2nnc(-c3ccc(F)cc3)n2-c2ccccc2)nc2ccccc2c1-c1ccccc1. The molecule has 0 aliphatic heterocycles. The number of carbonyl (C=O) groups excluding carboxylic acids is 1. The summed E-state index contributed by atoms with van der Waals surface area (Å²) < 4.78 is 21.1. The van der Waals surface area contributed by atoms with Crippen molar-refractivity contribution in [2.45, 2.75) is 17.8 Å². The molecule has 2 heterocycles. The van der Waals surface area contributed by atoms with Crippen LogP contribution < -0.4 is 0 Å². The maximum absolute atomic E-state index is 13.7. The summed E-state index contributed by atoms with van der Waals surface area (Å²) in [5.41, 5.74) is 5.11. The topological polar surface area (TPSA) is 69.9 Å². The molecule has 8 heteroatoms. The molecular formula is C33H25FN4O2S. The predicted molar refractivity (Wildman–Crippen MR) is 159 cm³/mol. The lowest BCUT2D eigenvalue weighted by Crippen LogP contribution is -2.12. The molecule has 0 fully saturated rings. The van der Waals surface area contributed by atoms with E-state index in [0.717, 1.165) is 33.3 Å². The lowest BCUT2D eigenvalue weighted by atomic mass is 9.94. The van der Waals surface area contributed by atoms with Crippen molar-refractivity contribution in [2.24, 2.45) is 0 Å². The highest BCUT2D eigenvalue weighted by molar-refractivity contribution is 7.98. The van der Waals surface area contributed by atoms with Gasteiger partial charge in [-0.1, -0.05) is 78.5 Å². The number of para-hydroxylation sites is 2. The van der Waals surface area contributed by atoms with Crippen LogP contribution in [0.2, 0.25) is 0 Å². The van der Waals surface area contributed by atoms with Crippen LogP contribution in [0, 0.1) is 5.82 Å². The average Bonchev–Trinajstić information content (AvgIpc) is 3.44. The molecule has 0 amide bonds. The Morgan fingerprint density at radius 3 is 2.24 bits per heavy atom. The summed E-state index contributed by atoms with van der Waals surface area (Å²) in [5, 5.41) is 10.5. The Labute approximate surface area is 240 Å². The molecule has 0 saturated carbocycles. The van der Waals surface area contributed by atoms with E-state index in [-0.39, 0.29) is 12.4 Å². The van der Waals surface area contributed by atoms with Crippen LogP contribution >= 0.6 is 11.8 Å². The summed E-state index contributed by atoms with van der Waals surface area (Å²) in [5.74, 6) is 0.183. The van der Waals surface area contributed by atoms with Gasteiger partial charge in [-0.15, -0.1) is 10.2 Å². The summed E-state index contributed by atoms with van der Waals surface area (Å²) >= 11 is 1.42. The number of esters is 1. The van der Waals surface area contributed by atoms with E-state index in [1.54, 1.807) is 19.1 Å². The zero-order valence-corrected chi connectivity index (χ0v) is 23.0. The zero-order valence-electron chi connectivity index (χ0n) is 22.2.